The first kappa shape index (κ1) is 20.8. The Hall–Kier alpha value is -0.520. The maximum Gasteiger partial charge on any atom is 0.233 e. The van der Waals surface area contributed by atoms with E-state index in [1.54, 1.807) is 6.26 Å². The largest absolute Gasteiger partial charge is 0.300 e. The van der Waals surface area contributed by atoms with Crippen molar-refractivity contribution in [1.82, 2.24) is 9.96 Å². The van der Waals surface area contributed by atoms with E-state index in [9.17, 15) is 4.79 Å². The van der Waals surface area contributed by atoms with Gasteiger partial charge in [0.25, 0.3) is 0 Å². The van der Waals surface area contributed by atoms with E-state index >= 15 is 0 Å². The molecule has 0 spiro atoms. The van der Waals surface area contributed by atoms with Crippen molar-refractivity contribution in [2.75, 3.05) is 33.0 Å². The van der Waals surface area contributed by atoms with Gasteiger partial charge in [-0.1, -0.05) is 32.4 Å². The average Bonchev–Trinajstić information content (AvgIpc) is 2.43. The molecule has 1 rings (SSSR count). The number of thiol groups is 1. The molecule has 5 heteroatoms. The van der Waals surface area contributed by atoms with Gasteiger partial charge in [-0.2, -0.15) is 12.6 Å². The summed E-state index contributed by atoms with van der Waals surface area (Å²) in [6.45, 7) is 10.5. The van der Waals surface area contributed by atoms with Crippen molar-refractivity contribution in [2.45, 2.75) is 40.2 Å². The first-order valence-electron chi connectivity index (χ1n) is 6.84. The Kier molecular flexibility index (Phi) is 15.2. The van der Waals surface area contributed by atoms with Crippen molar-refractivity contribution in [3.05, 3.63) is 11.6 Å². The van der Waals surface area contributed by atoms with E-state index in [-0.39, 0.29) is 6.04 Å². The van der Waals surface area contributed by atoms with Crippen molar-refractivity contribution in [2.24, 2.45) is 0 Å². The second kappa shape index (κ2) is 13.9. The van der Waals surface area contributed by atoms with Gasteiger partial charge in [-0.05, 0) is 26.6 Å². The van der Waals surface area contributed by atoms with Crippen LogP contribution in [0.2, 0.25) is 0 Å². The number of nitrogens with zero attached hydrogens (tertiary/aromatic N) is 2. The van der Waals surface area contributed by atoms with Crippen LogP contribution in [-0.2, 0) is 9.63 Å². The van der Waals surface area contributed by atoms with Crippen molar-refractivity contribution < 1.29 is 9.63 Å². The number of hydrogen-bond donors (Lipinski definition) is 1. The Morgan fingerprint density at radius 2 is 2.11 bits per heavy atom. The van der Waals surface area contributed by atoms with Gasteiger partial charge >= 0.3 is 0 Å². The molecule has 0 aliphatic carbocycles. The molecule has 0 bridgehead atoms. The van der Waals surface area contributed by atoms with Crippen LogP contribution in [-0.4, -0.2) is 55.4 Å². The molecule has 1 aliphatic heterocycles. The van der Waals surface area contributed by atoms with Gasteiger partial charge < -0.3 is 0 Å². The third-order valence-electron chi connectivity index (χ3n) is 2.37. The van der Waals surface area contributed by atoms with Crippen molar-refractivity contribution in [1.29, 1.82) is 0 Å². The molecule has 0 radical (unpaired) electrons. The minimum Gasteiger partial charge on any atom is -0.300 e. The lowest BCUT2D eigenvalue weighted by atomic mass is 10.1. The summed E-state index contributed by atoms with van der Waals surface area (Å²) in [5, 5.41) is 1.42. The summed E-state index contributed by atoms with van der Waals surface area (Å²) in [4.78, 5) is 18.4. The predicted molar refractivity (Wildman–Crippen MR) is 85.4 cm³/mol. The Morgan fingerprint density at radius 1 is 1.53 bits per heavy atom. The lowest BCUT2D eigenvalue weighted by Crippen LogP contribution is -2.44. The highest BCUT2D eigenvalue weighted by molar-refractivity contribution is 7.79. The third-order valence-corrected chi connectivity index (χ3v) is 2.37. The second-order valence-electron chi connectivity index (χ2n) is 4.08. The van der Waals surface area contributed by atoms with E-state index < -0.39 is 0 Å². The first-order valence-corrected chi connectivity index (χ1v) is 7.74. The highest BCUT2D eigenvalue weighted by Gasteiger charge is 2.21. The summed E-state index contributed by atoms with van der Waals surface area (Å²) in [5.74, 6) is 0. The molecule has 1 atom stereocenters. The van der Waals surface area contributed by atoms with E-state index in [0.29, 0.717) is 6.61 Å². The Labute approximate surface area is 124 Å². The zero-order chi connectivity index (χ0) is 15.3. The van der Waals surface area contributed by atoms with Gasteiger partial charge in [0.05, 0.1) is 12.6 Å². The van der Waals surface area contributed by atoms with Crippen LogP contribution in [0.1, 0.15) is 34.1 Å². The first-order chi connectivity index (χ1) is 9.17. The zero-order valence-electron chi connectivity index (χ0n) is 13.2. The fourth-order valence-electron chi connectivity index (χ4n) is 1.80. The summed E-state index contributed by atoms with van der Waals surface area (Å²) in [6.07, 6.45) is 5.48. The normalized spacial score (nSPS) is 18.3. The molecule has 1 heterocycles. The van der Waals surface area contributed by atoms with Gasteiger partial charge in [0.15, 0.2) is 0 Å². The van der Waals surface area contributed by atoms with Gasteiger partial charge in [0.2, 0.25) is 6.41 Å². The molecular weight excluding hydrogens is 260 g/mol. The predicted octanol–water partition coefficient (Wildman–Crippen LogP) is 2.62. The molecule has 0 fully saturated rings. The van der Waals surface area contributed by atoms with Gasteiger partial charge in [-0.25, -0.2) is 5.06 Å². The number of amides is 1. The molecule has 1 aliphatic rings. The Bertz CT molecular complexity index is 248. The smallest absolute Gasteiger partial charge is 0.233 e. The number of hydroxylamine groups is 2. The van der Waals surface area contributed by atoms with E-state index in [0.717, 1.165) is 25.9 Å². The average molecular weight is 290 g/mol. The molecule has 0 saturated heterocycles. The molecule has 0 aromatic carbocycles. The van der Waals surface area contributed by atoms with Crippen LogP contribution in [0.3, 0.4) is 0 Å². The van der Waals surface area contributed by atoms with Gasteiger partial charge in [-0.3, -0.25) is 14.5 Å². The molecule has 19 heavy (non-hydrogen) atoms. The van der Waals surface area contributed by atoms with Crippen molar-refractivity contribution >= 4 is 19.0 Å². The van der Waals surface area contributed by atoms with Crippen LogP contribution in [0, 0.1) is 0 Å². The highest BCUT2D eigenvalue weighted by Crippen LogP contribution is 2.12. The molecule has 4 nitrogen and oxygen atoms in total. The molecule has 1 unspecified atom stereocenters. The topological polar surface area (TPSA) is 32.8 Å². The number of hydrogen-bond acceptors (Lipinski definition) is 4. The number of carbonyl (C=O) groups is 1. The van der Waals surface area contributed by atoms with E-state index in [2.05, 4.69) is 30.5 Å². The maximum absolute atomic E-state index is 10.9. The standard InChI is InChI=1S/C11H20N2O2.C2H6.CH4S/c1-4-5-15-13(9-14)11-6-10(2)7-12(3)8-11;2*1-2/h6,9,11H,4-5,7-8H2,1-3H3;1-2H3;2H,1H3. The van der Waals surface area contributed by atoms with E-state index in [1.807, 2.05) is 27.8 Å². The van der Waals surface area contributed by atoms with Crippen LogP contribution < -0.4 is 0 Å². The molecular formula is C14H30N2O2S. The monoisotopic (exact) mass is 290 g/mol. The van der Waals surface area contributed by atoms with E-state index in [4.69, 9.17) is 4.84 Å². The molecule has 1 amide bonds. The van der Waals surface area contributed by atoms with Crippen LogP contribution in [0.4, 0.5) is 0 Å². The molecule has 0 saturated carbocycles. The van der Waals surface area contributed by atoms with Crippen molar-refractivity contribution in [3.8, 4) is 0 Å². The lowest BCUT2D eigenvalue weighted by Gasteiger charge is -2.33. The highest BCUT2D eigenvalue weighted by atomic mass is 32.1. The van der Waals surface area contributed by atoms with Gasteiger partial charge in [-0.15, -0.1) is 0 Å². The maximum atomic E-state index is 10.9. The number of rotatable bonds is 5. The van der Waals surface area contributed by atoms with Gasteiger partial charge in [0, 0.05) is 13.1 Å². The SMILES string of the molecule is CC.CCCON(C=O)C1C=C(C)CN(C)C1.CS. The Balaban J connectivity index is 0. The summed E-state index contributed by atoms with van der Waals surface area (Å²) in [7, 11) is 2.05. The summed E-state index contributed by atoms with van der Waals surface area (Å²) >= 11 is 3.53. The fourth-order valence-corrected chi connectivity index (χ4v) is 1.80. The fraction of sp³-hybridized carbons (Fsp3) is 0.786. The van der Waals surface area contributed by atoms with Crippen LogP contribution >= 0.6 is 12.6 Å². The number of likely N-dealkylation sites (N-methyl/N-ethyl adjacent to an activating group) is 1. The summed E-state index contributed by atoms with van der Waals surface area (Å²) < 4.78 is 0. The van der Waals surface area contributed by atoms with Gasteiger partial charge in [0.1, 0.15) is 0 Å². The lowest BCUT2D eigenvalue weighted by molar-refractivity contribution is -0.183. The minimum absolute atomic E-state index is 0.0489. The van der Waals surface area contributed by atoms with Crippen LogP contribution in [0.15, 0.2) is 11.6 Å². The number of carbonyl (C=O) groups excluding carboxylic acids is 1. The molecule has 0 aromatic heterocycles. The second-order valence-corrected chi connectivity index (χ2v) is 4.08. The zero-order valence-corrected chi connectivity index (χ0v) is 14.1. The summed E-state index contributed by atoms with van der Waals surface area (Å²) in [6, 6.07) is 0.0489. The summed E-state index contributed by atoms with van der Waals surface area (Å²) in [5.41, 5.74) is 1.28. The van der Waals surface area contributed by atoms with Crippen LogP contribution in [0.5, 0.6) is 0 Å². The Morgan fingerprint density at radius 3 is 2.53 bits per heavy atom. The molecule has 0 N–H and O–H groups in total. The van der Waals surface area contributed by atoms with Crippen molar-refractivity contribution in [3.63, 3.8) is 0 Å². The molecule has 114 valence electrons. The van der Waals surface area contributed by atoms with E-state index in [1.165, 1.54) is 10.6 Å². The molecule has 0 aromatic rings. The van der Waals surface area contributed by atoms with Crippen LogP contribution in [0.25, 0.3) is 0 Å². The minimum atomic E-state index is 0.0489. The quantitative estimate of drug-likeness (QED) is 0.366. The third kappa shape index (κ3) is 9.08.